The van der Waals surface area contributed by atoms with Crippen molar-refractivity contribution in [2.75, 3.05) is 12.3 Å². The van der Waals surface area contributed by atoms with Crippen LogP contribution in [0.3, 0.4) is 0 Å². The Morgan fingerprint density at radius 3 is 2.04 bits per heavy atom. The van der Waals surface area contributed by atoms with Gasteiger partial charge in [-0.1, -0.05) is 0 Å². The Balaban J connectivity index is 3.05. The third kappa shape index (κ3) is 8.69. The first-order chi connectivity index (χ1) is 11.1. The molecule has 2 unspecified atom stereocenters. The second kappa shape index (κ2) is 12.7. The summed E-state index contributed by atoms with van der Waals surface area (Å²) in [5.74, 6) is 0. The molecule has 1 heterocycles. The monoisotopic (exact) mass is 622 g/mol. The molecule has 0 amide bonds. The van der Waals surface area contributed by atoms with Crippen molar-refractivity contribution in [1.29, 1.82) is 0 Å². The molecule has 1 saturated heterocycles. The van der Waals surface area contributed by atoms with Crippen molar-refractivity contribution in [3.05, 3.63) is 0 Å². The van der Waals surface area contributed by atoms with Crippen LogP contribution in [0.2, 0.25) is 8.45 Å². The van der Waals surface area contributed by atoms with Gasteiger partial charge in [-0.25, -0.2) is 0 Å². The summed E-state index contributed by atoms with van der Waals surface area (Å²) < 4.78 is 2.10. The average molecular weight is 622 g/mol. The SMILES string of the molecule is CCCC[PH][Ti]1[Ti][Ti]([CH](C)C)([CH](C)C)[Ti][Ti]([Cl])([Cl])([PH]CCCC)[Ti]1. The van der Waals surface area contributed by atoms with Gasteiger partial charge in [-0.2, -0.15) is 0 Å². The van der Waals surface area contributed by atoms with Crippen molar-refractivity contribution in [3.63, 3.8) is 0 Å². The van der Waals surface area contributed by atoms with Crippen LogP contribution in [0.25, 0.3) is 0 Å². The van der Waals surface area contributed by atoms with Gasteiger partial charge in [0.2, 0.25) is 0 Å². The molecular weight excluding hydrogens is 588 g/mol. The van der Waals surface area contributed by atoms with E-state index in [0.29, 0.717) is 12.7 Å². The fourth-order valence-corrected chi connectivity index (χ4v) is 658. The molecular formula is C14H34Cl2P2Ti6. The number of unbranched alkanes of at least 4 members (excludes halogenated alkanes) is 2. The summed E-state index contributed by atoms with van der Waals surface area (Å²) in [5.41, 5.74) is 0. The molecule has 1 rings (SSSR count). The molecule has 10 heteroatoms. The van der Waals surface area contributed by atoms with Gasteiger partial charge in [0.15, 0.2) is 0 Å². The van der Waals surface area contributed by atoms with Gasteiger partial charge < -0.3 is 0 Å². The third-order valence-electron chi connectivity index (χ3n) is 4.72. The zero-order valence-corrected chi connectivity index (χ0v) is 29.0. The summed E-state index contributed by atoms with van der Waals surface area (Å²) in [5, 5.41) is 0. The van der Waals surface area contributed by atoms with Crippen LogP contribution in [0.1, 0.15) is 67.2 Å². The van der Waals surface area contributed by atoms with E-state index in [9.17, 15) is 0 Å². The van der Waals surface area contributed by atoms with Crippen molar-refractivity contribution >= 4 is 31.8 Å². The number of halogens is 2. The molecule has 0 N–H and O–H groups in total. The van der Waals surface area contributed by atoms with Crippen LogP contribution in [-0.4, -0.2) is 12.3 Å². The molecule has 1 fully saturated rings. The van der Waals surface area contributed by atoms with Crippen molar-refractivity contribution in [2.45, 2.75) is 75.7 Å². The van der Waals surface area contributed by atoms with Gasteiger partial charge in [-0.05, 0) is 0 Å². The second-order valence-electron chi connectivity index (χ2n) is 7.50. The van der Waals surface area contributed by atoms with Gasteiger partial charge in [0, 0.05) is 0 Å². The summed E-state index contributed by atoms with van der Waals surface area (Å²) in [6.45, 7) is 17.6. The second-order valence-corrected chi connectivity index (χ2v) is 131. The van der Waals surface area contributed by atoms with Crippen LogP contribution in [0.4, 0.5) is 0 Å². The quantitative estimate of drug-likeness (QED) is 0.132. The Morgan fingerprint density at radius 1 is 1.00 bits per heavy atom. The van der Waals surface area contributed by atoms with E-state index in [2.05, 4.69) is 41.5 Å². The van der Waals surface area contributed by atoms with Gasteiger partial charge in [-0.3, -0.25) is 0 Å². The third-order valence-corrected chi connectivity index (χ3v) is 271. The van der Waals surface area contributed by atoms with E-state index in [0.717, 1.165) is 15.0 Å². The molecule has 0 nitrogen and oxygen atoms in total. The van der Waals surface area contributed by atoms with Gasteiger partial charge in [-0.15, -0.1) is 0 Å². The molecule has 0 aromatic rings. The van der Waals surface area contributed by atoms with E-state index in [1.54, 1.807) is 6.16 Å². The molecule has 1 aliphatic rings. The maximum absolute atomic E-state index is 7.74. The normalized spacial score (nSPS) is 24.1. The Labute approximate surface area is 181 Å². The average Bonchev–Trinajstić information content (AvgIpc) is 2.46. The number of hydrogen-bond acceptors (Lipinski definition) is 0. The van der Waals surface area contributed by atoms with Crippen LogP contribution in [0.15, 0.2) is 0 Å². The maximum atomic E-state index is 7.74. The van der Waals surface area contributed by atoms with E-state index in [1.165, 1.54) is 38.4 Å². The topological polar surface area (TPSA) is 0 Å². The van der Waals surface area contributed by atoms with E-state index < -0.39 is 27.4 Å². The molecule has 0 saturated carbocycles. The Morgan fingerprint density at radius 2 is 1.54 bits per heavy atom. The summed E-state index contributed by atoms with van der Waals surface area (Å²) in [6.07, 6.45) is 5.66. The van der Waals surface area contributed by atoms with Gasteiger partial charge in [0.25, 0.3) is 0 Å². The number of rotatable bonds is 10. The van der Waals surface area contributed by atoms with Gasteiger partial charge >= 0.3 is 185 Å². The summed E-state index contributed by atoms with van der Waals surface area (Å²) in [4.78, 5) is 0. The first-order valence-electron chi connectivity index (χ1n) is 9.39. The van der Waals surface area contributed by atoms with Crippen molar-refractivity contribution < 1.29 is 65.6 Å². The van der Waals surface area contributed by atoms with Gasteiger partial charge in [0.05, 0.1) is 0 Å². The Kier molecular flexibility index (Phi) is 14.7. The zero-order valence-electron chi connectivity index (χ0n) is 16.2. The first-order valence-corrected chi connectivity index (χ1v) is 46.6. The molecule has 1 aliphatic heterocycles. The van der Waals surface area contributed by atoms with E-state index in [4.69, 9.17) is 18.6 Å². The van der Waals surface area contributed by atoms with Crippen LogP contribution in [0, 0.1) is 0 Å². The Bertz CT molecular complexity index is 389. The van der Waals surface area contributed by atoms with E-state index >= 15 is 0 Å². The molecule has 0 radical (unpaired) electrons. The molecule has 0 spiro atoms. The molecule has 0 bridgehead atoms. The molecule has 2 atom stereocenters. The standard InChI is InChI=1S/2C4H10P.2C3H7.2ClH.6Ti/c2*1-2-3-4-5;2*1-3-2;;;;;;;;/h2*5H,2-4H2,1H3;2*3H,1-2H3;2*1H;;;;;;/q2*-1;;;;;;;;;+1;+3/p-2. The minimum absolute atomic E-state index is 0.0918. The van der Waals surface area contributed by atoms with E-state index in [-0.39, 0.29) is 25.5 Å². The molecule has 24 heavy (non-hydrogen) atoms. The molecule has 0 aromatic heterocycles. The summed E-state index contributed by atoms with van der Waals surface area (Å²) in [6, 6.07) is 0. The zero-order chi connectivity index (χ0) is 18.5. The fourth-order valence-electron chi connectivity index (χ4n) is 3.18. The van der Waals surface area contributed by atoms with Crippen LogP contribution >= 0.6 is 31.8 Å². The molecule has 138 valence electrons. The van der Waals surface area contributed by atoms with Crippen molar-refractivity contribution in [1.82, 2.24) is 0 Å². The minimum atomic E-state index is -2.92. The van der Waals surface area contributed by atoms with E-state index in [1.807, 2.05) is 0 Å². The molecule has 0 aliphatic carbocycles. The summed E-state index contributed by atoms with van der Waals surface area (Å²) >= 11 is 0.754. The Hall–Kier alpha value is 5.73. The van der Waals surface area contributed by atoms with Crippen molar-refractivity contribution in [3.8, 4) is 0 Å². The van der Waals surface area contributed by atoms with Crippen LogP contribution < -0.4 is 0 Å². The summed E-state index contributed by atoms with van der Waals surface area (Å²) in [7, 11) is 13.1. The van der Waals surface area contributed by atoms with Crippen LogP contribution in [0.5, 0.6) is 0 Å². The van der Waals surface area contributed by atoms with Crippen molar-refractivity contribution in [2.24, 2.45) is 0 Å². The number of hydrogen-bond donors (Lipinski definition) is 0. The van der Waals surface area contributed by atoms with Crippen LogP contribution in [-0.2, 0) is 65.6 Å². The predicted octanol–water partition coefficient (Wildman–Crippen LogP) is 7.95. The predicted molar refractivity (Wildman–Crippen MR) is 98.1 cm³/mol. The first kappa shape index (κ1) is 27.8. The van der Waals surface area contributed by atoms with Gasteiger partial charge in [0.1, 0.15) is 0 Å². The fraction of sp³-hybridized carbons (Fsp3) is 1.00. The molecule has 0 aromatic carbocycles.